The van der Waals surface area contributed by atoms with E-state index < -0.39 is 28.4 Å². The summed E-state index contributed by atoms with van der Waals surface area (Å²) in [7, 11) is -3.82. The fourth-order valence-electron chi connectivity index (χ4n) is 3.05. The number of nitrogens with zero attached hydrogens (tertiary/aromatic N) is 2. The molecular formula is C18H15N3O5S2. The van der Waals surface area contributed by atoms with E-state index in [-0.39, 0.29) is 22.3 Å². The van der Waals surface area contributed by atoms with Crippen molar-refractivity contribution in [3.05, 3.63) is 47.5 Å². The molecule has 8 nitrogen and oxygen atoms in total. The Morgan fingerprint density at radius 3 is 2.71 bits per heavy atom. The molecule has 0 bridgehead atoms. The Morgan fingerprint density at radius 2 is 1.96 bits per heavy atom. The molecule has 1 aromatic heterocycles. The molecule has 0 aliphatic carbocycles. The van der Waals surface area contributed by atoms with Crippen molar-refractivity contribution in [2.24, 2.45) is 0 Å². The summed E-state index contributed by atoms with van der Waals surface area (Å²) in [5.41, 5.74) is 0.558. The Hall–Kier alpha value is -2.98. The van der Waals surface area contributed by atoms with E-state index in [1.165, 1.54) is 11.4 Å². The van der Waals surface area contributed by atoms with E-state index in [1.54, 1.807) is 25.1 Å². The Morgan fingerprint density at radius 1 is 1.21 bits per heavy atom. The van der Waals surface area contributed by atoms with Crippen molar-refractivity contribution < 1.29 is 22.7 Å². The van der Waals surface area contributed by atoms with E-state index in [0.29, 0.717) is 11.1 Å². The molecular weight excluding hydrogens is 402 g/mol. The lowest BCUT2D eigenvalue weighted by Crippen LogP contribution is -2.35. The van der Waals surface area contributed by atoms with Gasteiger partial charge in [0, 0.05) is 10.8 Å². The van der Waals surface area contributed by atoms with E-state index in [1.807, 2.05) is 12.1 Å². The maximum absolute atomic E-state index is 12.9. The number of carbonyl (C=O) groups excluding carboxylic acids is 2. The van der Waals surface area contributed by atoms with Gasteiger partial charge in [0.25, 0.3) is 10.0 Å². The summed E-state index contributed by atoms with van der Waals surface area (Å²) in [5.74, 6) is -1.14. The number of nitrogens with one attached hydrogen (secondary N) is 1. The highest BCUT2D eigenvalue weighted by molar-refractivity contribution is 7.93. The lowest BCUT2D eigenvalue weighted by Gasteiger charge is -2.17. The highest BCUT2D eigenvalue weighted by Gasteiger charge is 2.36. The first kappa shape index (κ1) is 18.4. The van der Waals surface area contributed by atoms with Gasteiger partial charge in [-0.05, 0) is 24.4 Å². The first-order chi connectivity index (χ1) is 13.4. The van der Waals surface area contributed by atoms with Gasteiger partial charge in [0.2, 0.25) is 5.91 Å². The minimum Gasteiger partial charge on any atom is -0.461 e. The number of benzene rings is 2. The number of esters is 1. The third-order valence-electron chi connectivity index (χ3n) is 4.20. The van der Waals surface area contributed by atoms with Crippen molar-refractivity contribution in [3.8, 4) is 0 Å². The van der Waals surface area contributed by atoms with Crippen LogP contribution in [0.15, 0.2) is 46.7 Å². The zero-order chi connectivity index (χ0) is 19.9. The minimum atomic E-state index is -3.82. The summed E-state index contributed by atoms with van der Waals surface area (Å²) >= 11 is 1.06. The Kier molecular flexibility index (Phi) is 4.52. The topological polar surface area (TPSA) is 106 Å². The molecule has 144 valence electrons. The van der Waals surface area contributed by atoms with Crippen LogP contribution in [0.2, 0.25) is 0 Å². The molecule has 0 spiro atoms. The average molecular weight is 417 g/mol. The number of aromatic nitrogens is 1. The number of sulfonamides is 1. The normalized spacial score (nSPS) is 14.2. The van der Waals surface area contributed by atoms with Gasteiger partial charge < -0.3 is 10.1 Å². The first-order valence-corrected chi connectivity index (χ1v) is 10.7. The average Bonchev–Trinajstić information content (AvgIpc) is 3.21. The van der Waals surface area contributed by atoms with Crippen molar-refractivity contribution >= 4 is 54.8 Å². The smallest absolute Gasteiger partial charge is 0.357 e. The number of hydrogen-bond acceptors (Lipinski definition) is 7. The number of rotatable bonds is 5. The molecule has 1 aliphatic rings. The van der Waals surface area contributed by atoms with Gasteiger partial charge in [-0.2, -0.15) is 0 Å². The van der Waals surface area contributed by atoms with Crippen molar-refractivity contribution in [1.29, 1.82) is 0 Å². The molecule has 10 heteroatoms. The zero-order valence-corrected chi connectivity index (χ0v) is 16.3. The molecule has 2 aromatic carbocycles. The second-order valence-corrected chi connectivity index (χ2v) is 8.64. The van der Waals surface area contributed by atoms with Crippen LogP contribution in [-0.4, -0.2) is 38.4 Å². The van der Waals surface area contributed by atoms with Crippen LogP contribution in [0.5, 0.6) is 0 Å². The number of carbonyl (C=O) groups is 2. The molecule has 1 amide bonds. The van der Waals surface area contributed by atoms with E-state index in [0.717, 1.165) is 21.0 Å². The van der Waals surface area contributed by atoms with E-state index in [2.05, 4.69) is 10.3 Å². The van der Waals surface area contributed by atoms with Gasteiger partial charge in [-0.1, -0.05) is 24.3 Å². The van der Waals surface area contributed by atoms with Crippen LogP contribution in [0.25, 0.3) is 10.8 Å². The van der Waals surface area contributed by atoms with Crippen LogP contribution in [0.1, 0.15) is 17.4 Å². The summed E-state index contributed by atoms with van der Waals surface area (Å²) in [5, 5.41) is 5.60. The third kappa shape index (κ3) is 3.00. The van der Waals surface area contributed by atoms with Crippen LogP contribution in [0, 0.1) is 0 Å². The molecule has 0 fully saturated rings. The molecule has 1 N–H and O–H groups in total. The SMILES string of the molecule is CCOC(=O)c1csc(NC(=O)CN2c3cccc4cccc(c34)S2(=O)=O)n1. The van der Waals surface area contributed by atoms with Crippen LogP contribution in [0.3, 0.4) is 0 Å². The van der Waals surface area contributed by atoms with Gasteiger partial charge in [0.15, 0.2) is 10.8 Å². The number of hydrogen-bond donors (Lipinski definition) is 1. The minimum absolute atomic E-state index is 0.0908. The quantitative estimate of drug-likeness (QED) is 0.640. The van der Waals surface area contributed by atoms with Gasteiger partial charge in [0.1, 0.15) is 6.54 Å². The largest absolute Gasteiger partial charge is 0.461 e. The number of thiazole rings is 1. The molecule has 0 unspecified atom stereocenters. The van der Waals surface area contributed by atoms with Crippen molar-refractivity contribution in [1.82, 2.24) is 4.98 Å². The maximum Gasteiger partial charge on any atom is 0.357 e. The van der Waals surface area contributed by atoms with Gasteiger partial charge in [-0.15, -0.1) is 11.3 Å². The molecule has 0 radical (unpaired) electrons. The maximum atomic E-state index is 12.9. The van der Waals surface area contributed by atoms with E-state index in [9.17, 15) is 18.0 Å². The summed E-state index contributed by atoms with van der Waals surface area (Å²) < 4.78 is 31.7. The van der Waals surface area contributed by atoms with Crippen LogP contribution < -0.4 is 9.62 Å². The predicted octanol–water partition coefficient (Wildman–Crippen LogP) is 2.62. The lowest BCUT2D eigenvalue weighted by atomic mass is 10.1. The lowest BCUT2D eigenvalue weighted by molar-refractivity contribution is -0.114. The second kappa shape index (κ2) is 6.88. The summed E-state index contributed by atoms with van der Waals surface area (Å²) in [6.45, 7) is 1.50. The summed E-state index contributed by atoms with van der Waals surface area (Å²) in [6.07, 6.45) is 0. The predicted molar refractivity (Wildman–Crippen MR) is 105 cm³/mol. The fourth-order valence-corrected chi connectivity index (χ4v) is 5.41. The Bertz CT molecular complexity index is 1200. The molecule has 2 heterocycles. The number of anilines is 2. The van der Waals surface area contributed by atoms with Crippen LogP contribution in [-0.2, 0) is 19.6 Å². The molecule has 4 rings (SSSR count). The molecule has 0 saturated carbocycles. The van der Waals surface area contributed by atoms with E-state index >= 15 is 0 Å². The Balaban J connectivity index is 1.56. The molecule has 1 aliphatic heterocycles. The molecule has 0 atom stereocenters. The molecule has 0 saturated heterocycles. The van der Waals surface area contributed by atoms with Gasteiger partial charge >= 0.3 is 5.97 Å². The van der Waals surface area contributed by atoms with Crippen molar-refractivity contribution in [3.63, 3.8) is 0 Å². The van der Waals surface area contributed by atoms with Gasteiger partial charge in [-0.25, -0.2) is 18.2 Å². The highest BCUT2D eigenvalue weighted by Crippen LogP contribution is 2.41. The Labute approximate surface area is 164 Å². The number of ether oxygens (including phenoxy) is 1. The highest BCUT2D eigenvalue weighted by atomic mass is 32.2. The van der Waals surface area contributed by atoms with Crippen LogP contribution >= 0.6 is 11.3 Å². The third-order valence-corrected chi connectivity index (χ3v) is 6.76. The zero-order valence-electron chi connectivity index (χ0n) is 14.7. The summed E-state index contributed by atoms with van der Waals surface area (Å²) in [6, 6.07) is 10.3. The van der Waals surface area contributed by atoms with Crippen molar-refractivity contribution in [2.75, 3.05) is 22.8 Å². The van der Waals surface area contributed by atoms with E-state index in [4.69, 9.17) is 4.74 Å². The monoisotopic (exact) mass is 417 g/mol. The summed E-state index contributed by atoms with van der Waals surface area (Å²) in [4.78, 5) is 28.3. The van der Waals surface area contributed by atoms with Crippen molar-refractivity contribution in [2.45, 2.75) is 11.8 Å². The molecule has 28 heavy (non-hydrogen) atoms. The number of amides is 1. The van der Waals surface area contributed by atoms with Gasteiger partial charge in [0.05, 0.1) is 17.2 Å². The van der Waals surface area contributed by atoms with Crippen LogP contribution in [0.4, 0.5) is 10.8 Å². The fraction of sp³-hybridized carbons (Fsp3) is 0.167. The second-order valence-electron chi connectivity index (χ2n) is 5.95. The molecule has 3 aromatic rings. The standard InChI is InChI=1S/C18H15N3O5S2/c1-2-26-17(23)12-10-27-18(19-12)20-15(22)9-21-13-7-3-5-11-6-4-8-14(16(11)13)28(21,24)25/h3-8,10H,2,9H2,1H3,(H,19,20,22). The first-order valence-electron chi connectivity index (χ1n) is 8.39. The van der Waals surface area contributed by atoms with Gasteiger partial charge in [-0.3, -0.25) is 9.10 Å².